The molecular formula is C17H16ClN3O4. The molecule has 2 heterocycles. The van der Waals surface area contributed by atoms with Crippen LogP contribution in [0.25, 0.3) is 10.9 Å². The number of halogens is 1. The highest BCUT2D eigenvalue weighted by molar-refractivity contribution is 6.31. The summed E-state index contributed by atoms with van der Waals surface area (Å²) in [6, 6.07) is 4.84. The molecule has 1 aliphatic rings. The Balaban J connectivity index is 1.71. The van der Waals surface area contributed by atoms with Gasteiger partial charge in [-0.3, -0.25) is 19.7 Å². The maximum atomic E-state index is 12.3. The smallest absolute Gasteiger partial charge is 0.294 e. The first kappa shape index (κ1) is 17.2. The number of Topliss-reactive ketones (excluding diaryl/α,β-unsaturated/α-hetero) is 1. The third kappa shape index (κ3) is 3.41. The van der Waals surface area contributed by atoms with E-state index < -0.39 is 4.92 Å². The molecule has 1 amide bonds. The number of aromatic nitrogens is 1. The molecule has 0 N–H and O–H groups in total. The van der Waals surface area contributed by atoms with E-state index in [1.807, 2.05) is 0 Å². The first-order valence-corrected chi connectivity index (χ1v) is 8.12. The number of hydrogen-bond donors (Lipinski definition) is 0. The van der Waals surface area contributed by atoms with E-state index in [1.165, 1.54) is 18.3 Å². The molecule has 1 aliphatic heterocycles. The molecule has 0 spiro atoms. The molecule has 1 aromatic heterocycles. The van der Waals surface area contributed by atoms with E-state index in [1.54, 1.807) is 21.6 Å². The van der Waals surface area contributed by atoms with Gasteiger partial charge in [0.25, 0.3) is 5.69 Å². The Morgan fingerprint density at radius 3 is 2.76 bits per heavy atom. The van der Waals surface area contributed by atoms with Crippen molar-refractivity contribution in [3.05, 3.63) is 52.2 Å². The zero-order chi connectivity index (χ0) is 18.1. The third-order valence-electron chi connectivity index (χ3n) is 4.33. The minimum absolute atomic E-state index is 0.0301. The normalized spacial score (nSPS) is 14.4. The molecule has 0 atom stereocenters. The summed E-state index contributed by atoms with van der Waals surface area (Å²) in [5.74, 6) is -0.0345. The number of hydrogen-bond acceptors (Lipinski definition) is 4. The molecule has 130 valence electrons. The van der Waals surface area contributed by atoms with Crippen LogP contribution >= 0.6 is 11.6 Å². The fourth-order valence-electron chi connectivity index (χ4n) is 3.11. The lowest BCUT2D eigenvalue weighted by molar-refractivity contribution is -0.383. The zero-order valence-electron chi connectivity index (χ0n) is 13.4. The van der Waals surface area contributed by atoms with Crippen LogP contribution in [-0.2, 0) is 16.1 Å². The summed E-state index contributed by atoms with van der Waals surface area (Å²) < 4.78 is 1.58. The van der Waals surface area contributed by atoms with Crippen LogP contribution in [0.2, 0.25) is 5.02 Å². The summed E-state index contributed by atoms with van der Waals surface area (Å²) in [5.41, 5.74) is 0.526. The largest absolute Gasteiger partial charge is 0.338 e. The van der Waals surface area contributed by atoms with Crippen LogP contribution in [0.1, 0.15) is 6.42 Å². The monoisotopic (exact) mass is 361 g/mol. The second-order valence-corrected chi connectivity index (χ2v) is 6.55. The first-order chi connectivity index (χ1) is 11.9. The van der Waals surface area contributed by atoms with E-state index in [4.69, 9.17) is 11.6 Å². The van der Waals surface area contributed by atoms with E-state index >= 15 is 0 Å². The average Bonchev–Trinajstić information content (AvgIpc) is 2.87. The fraction of sp³-hybridized carbons (Fsp3) is 0.294. The van der Waals surface area contributed by atoms with Gasteiger partial charge >= 0.3 is 0 Å². The predicted octanol–water partition coefficient (Wildman–Crippen LogP) is 2.81. The average molecular weight is 362 g/mol. The van der Waals surface area contributed by atoms with Crippen LogP contribution in [0.3, 0.4) is 0 Å². The van der Waals surface area contributed by atoms with E-state index in [0.29, 0.717) is 35.4 Å². The Labute approximate surface area is 148 Å². The molecule has 3 rings (SSSR count). The van der Waals surface area contributed by atoms with Crippen molar-refractivity contribution in [2.24, 2.45) is 5.92 Å². The van der Waals surface area contributed by atoms with Crippen molar-refractivity contribution in [3.8, 4) is 0 Å². The van der Waals surface area contributed by atoms with Gasteiger partial charge in [-0.2, -0.15) is 0 Å². The minimum Gasteiger partial charge on any atom is -0.338 e. The van der Waals surface area contributed by atoms with Gasteiger partial charge in [-0.25, -0.2) is 0 Å². The number of fused-ring (bicyclic) bond motifs is 1. The van der Waals surface area contributed by atoms with Gasteiger partial charge in [-0.1, -0.05) is 18.2 Å². The van der Waals surface area contributed by atoms with Crippen LogP contribution in [0, 0.1) is 16.0 Å². The van der Waals surface area contributed by atoms with Crippen LogP contribution < -0.4 is 0 Å². The molecule has 0 bridgehead atoms. The Morgan fingerprint density at radius 2 is 2.12 bits per heavy atom. The van der Waals surface area contributed by atoms with Crippen LogP contribution in [0.4, 0.5) is 5.69 Å². The number of benzene rings is 1. The molecule has 8 heteroatoms. The lowest BCUT2D eigenvalue weighted by Crippen LogP contribution is -2.50. The summed E-state index contributed by atoms with van der Waals surface area (Å²) in [5, 5.41) is 12.0. The molecule has 0 aliphatic carbocycles. The summed E-state index contributed by atoms with van der Waals surface area (Å²) in [7, 11) is 0. The van der Waals surface area contributed by atoms with Crippen molar-refractivity contribution in [1.29, 1.82) is 0 Å². The number of amides is 1. The maximum Gasteiger partial charge on any atom is 0.294 e. The second-order valence-electron chi connectivity index (χ2n) is 6.12. The van der Waals surface area contributed by atoms with Crippen molar-refractivity contribution in [3.63, 3.8) is 0 Å². The Bertz CT molecular complexity index is 883. The van der Waals surface area contributed by atoms with E-state index in [9.17, 15) is 19.7 Å². The number of nitrogens with zero attached hydrogens (tertiary/aromatic N) is 3. The number of carbonyl (C=O) groups is 2. The highest BCUT2D eigenvalue weighted by Gasteiger charge is 2.31. The first-order valence-electron chi connectivity index (χ1n) is 7.75. The Morgan fingerprint density at radius 1 is 1.40 bits per heavy atom. The number of likely N-dealkylation sites (tertiary alicyclic amines) is 1. The summed E-state index contributed by atoms with van der Waals surface area (Å²) in [6.07, 6.45) is 2.96. The second kappa shape index (κ2) is 6.68. The molecule has 1 saturated heterocycles. The summed E-state index contributed by atoms with van der Waals surface area (Å²) >= 11 is 5.92. The van der Waals surface area contributed by atoms with Crippen molar-refractivity contribution >= 4 is 39.9 Å². The van der Waals surface area contributed by atoms with Gasteiger partial charge in [0.1, 0.15) is 0 Å². The van der Waals surface area contributed by atoms with Gasteiger partial charge < -0.3 is 9.47 Å². The molecule has 25 heavy (non-hydrogen) atoms. The SMILES string of the molecule is C=CC(=O)N1CC(CC(=O)Cn2cc([N+](=O)[O-])c3cc(Cl)ccc32)C1. The van der Waals surface area contributed by atoms with Gasteiger partial charge in [-0.15, -0.1) is 0 Å². The van der Waals surface area contributed by atoms with E-state index in [2.05, 4.69) is 6.58 Å². The lowest BCUT2D eigenvalue weighted by atomic mass is 9.94. The summed E-state index contributed by atoms with van der Waals surface area (Å²) in [4.78, 5) is 36.1. The summed E-state index contributed by atoms with van der Waals surface area (Å²) in [6.45, 7) is 4.57. The predicted molar refractivity (Wildman–Crippen MR) is 93.5 cm³/mol. The molecule has 1 aromatic carbocycles. The van der Waals surface area contributed by atoms with Crippen LogP contribution in [0.5, 0.6) is 0 Å². The molecule has 1 fully saturated rings. The van der Waals surface area contributed by atoms with Gasteiger partial charge in [0.05, 0.1) is 28.6 Å². The quantitative estimate of drug-likeness (QED) is 0.450. The van der Waals surface area contributed by atoms with Crippen LogP contribution in [-0.4, -0.2) is 39.2 Å². The van der Waals surface area contributed by atoms with Crippen LogP contribution in [0.15, 0.2) is 37.1 Å². The molecular weight excluding hydrogens is 346 g/mol. The van der Waals surface area contributed by atoms with Crippen molar-refractivity contribution in [1.82, 2.24) is 9.47 Å². The highest BCUT2D eigenvalue weighted by Crippen LogP contribution is 2.30. The highest BCUT2D eigenvalue weighted by atomic mass is 35.5. The number of nitro groups is 1. The van der Waals surface area contributed by atoms with Gasteiger partial charge in [0, 0.05) is 30.5 Å². The van der Waals surface area contributed by atoms with E-state index in [0.717, 1.165) is 0 Å². The Kier molecular flexibility index (Phi) is 4.59. The van der Waals surface area contributed by atoms with Gasteiger partial charge in [0.15, 0.2) is 5.78 Å². The molecule has 7 nitrogen and oxygen atoms in total. The number of ketones is 1. The number of rotatable bonds is 6. The molecule has 0 unspecified atom stereocenters. The van der Waals surface area contributed by atoms with Gasteiger partial charge in [0.2, 0.25) is 5.91 Å². The standard InChI is InChI=1S/C17H16ClN3O4/c1-2-17(23)20-7-11(8-20)5-13(22)9-19-10-16(21(24)25)14-6-12(18)3-4-15(14)19/h2-4,6,10-11H,1,5,7-9H2. The number of carbonyl (C=O) groups excluding carboxylic acids is 2. The maximum absolute atomic E-state index is 12.3. The fourth-order valence-corrected chi connectivity index (χ4v) is 3.28. The van der Waals surface area contributed by atoms with Gasteiger partial charge in [-0.05, 0) is 24.3 Å². The lowest BCUT2D eigenvalue weighted by Gasteiger charge is -2.38. The zero-order valence-corrected chi connectivity index (χ0v) is 14.1. The molecule has 0 saturated carbocycles. The van der Waals surface area contributed by atoms with Crippen molar-refractivity contribution in [2.45, 2.75) is 13.0 Å². The van der Waals surface area contributed by atoms with Crippen molar-refractivity contribution < 1.29 is 14.5 Å². The molecule has 0 radical (unpaired) electrons. The minimum atomic E-state index is -0.482. The van der Waals surface area contributed by atoms with Crippen molar-refractivity contribution in [2.75, 3.05) is 13.1 Å². The van der Waals surface area contributed by atoms with E-state index in [-0.39, 0.29) is 29.8 Å². The molecule has 2 aromatic rings. The Hall–Kier alpha value is -2.67. The third-order valence-corrected chi connectivity index (χ3v) is 4.56. The topological polar surface area (TPSA) is 85.5 Å².